The first kappa shape index (κ1) is 19.9. The van der Waals surface area contributed by atoms with E-state index >= 15 is 0 Å². The lowest BCUT2D eigenvalue weighted by Gasteiger charge is -2.18. The Balaban J connectivity index is 1.86. The van der Waals surface area contributed by atoms with Gasteiger partial charge in [-0.2, -0.15) is 0 Å². The zero-order valence-corrected chi connectivity index (χ0v) is 16.5. The molecule has 1 N–H and O–H groups in total. The Kier molecular flexibility index (Phi) is 6.34. The lowest BCUT2D eigenvalue weighted by atomic mass is 10.1. The van der Waals surface area contributed by atoms with Gasteiger partial charge >= 0.3 is 5.97 Å². The Morgan fingerprint density at radius 3 is 2.21 bits per heavy atom. The molecular weight excluding hydrogens is 397 g/mol. The number of nitrogens with one attached hydrogen (secondary N) is 1. The van der Waals surface area contributed by atoms with Gasteiger partial charge in [-0.15, -0.1) is 0 Å². The van der Waals surface area contributed by atoms with Gasteiger partial charge in [-0.05, 0) is 37.3 Å². The van der Waals surface area contributed by atoms with Crippen LogP contribution < -0.4 is 5.32 Å². The molecule has 0 spiro atoms. The minimum absolute atomic E-state index is 0.375. The highest BCUT2D eigenvalue weighted by molar-refractivity contribution is 6.35. The van der Waals surface area contributed by atoms with Crippen LogP contribution in [0.25, 0.3) is 0 Å². The second-order valence-electron chi connectivity index (χ2n) is 6.21. The molecule has 0 aliphatic carbocycles. The van der Waals surface area contributed by atoms with E-state index in [0.717, 1.165) is 5.56 Å². The standard InChI is InChI=1S/C22H17Cl2NO3/c1-14-6-5-9-16(10-14)22(27)28-20(15-7-3-2-4-8-15)21(26)25-19-12-17(23)11-18(24)13-19/h2-13,20H,1H3,(H,25,26)/t20-/m0/s1. The van der Waals surface area contributed by atoms with Crippen LogP contribution in [0.5, 0.6) is 0 Å². The Morgan fingerprint density at radius 2 is 1.57 bits per heavy atom. The molecule has 4 nitrogen and oxygen atoms in total. The number of anilines is 1. The van der Waals surface area contributed by atoms with E-state index in [1.807, 2.05) is 19.1 Å². The van der Waals surface area contributed by atoms with Crippen molar-refractivity contribution in [2.75, 3.05) is 5.32 Å². The lowest BCUT2D eigenvalue weighted by Crippen LogP contribution is -2.26. The molecule has 1 atom stereocenters. The number of hydrogen-bond donors (Lipinski definition) is 1. The van der Waals surface area contributed by atoms with Gasteiger partial charge in [0.2, 0.25) is 6.10 Å². The minimum Gasteiger partial charge on any atom is -0.444 e. The summed E-state index contributed by atoms with van der Waals surface area (Å²) in [4.78, 5) is 25.5. The third-order valence-electron chi connectivity index (χ3n) is 3.95. The molecule has 0 radical (unpaired) electrons. The van der Waals surface area contributed by atoms with Gasteiger partial charge in [-0.1, -0.05) is 71.2 Å². The molecule has 6 heteroatoms. The molecule has 0 heterocycles. The van der Waals surface area contributed by atoms with E-state index in [-0.39, 0.29) is 0 Å². The summed E-state index contributed by atoms with van der Waals surface area (Å²) in [6.45, 7) is 1.88. The second kappa shape index (κ2) is 8.91. The predicted octanol–water partition coefficient (Wildman–Crippen LogP) is 5.84. The average molecular weight is 414 g/mol. The summed E-state index contributed by atoms with van der Waals surface area (Å²) in [6.07, 6.45) is -1.13. The van der Waals surface area contributed by atoms with Crippen molar-refractivity contribution in [2.45, 2.75) is 13.0 Å². The van der Waals surface area contributed by atoms with E-state index in [9.17, 15) is 9.59 Å². The van der Waals surface area contributed by atoms with E-state index < -0.39 is 18.0 Å². The van der Waals surface area contributed by atoms with E-state index in [2.05, 4.69) is 5.32 Å². The van der Waals surface area contributed by atoms with Crippen LogP contribution in [0, 0.1) is 6.92 Å². The highest BCUT2D eigenvalue weighted by Gasteiger charge is 2.26. The lowest BCUT2D eigenvalue weighted by molar-refractivity contribution is -0.125. The Labute approximate surface area is 173 Å². The largest absolute Gasteiger partial charge is 0.444 e. The maximum atomic E-state index is 12.9. The van der Waals surface area contributed by atoms with E-state index in [1.54, 1.807) is 60.7 Å². The molecule has 0 unspecified atom stereocenters. The van der Waals surface area contributed by atoms with Crippen LogP contribution in [0.15, 0.2) is 72.8 Å². The van der Waals surface area contributed by atoms with Gasteiger partial charge in [-0.25, -0.2) is 4.79 Å². The minimum atomic E-state index is -1.13. The third-order valence-corrected chi connectivity index (χ3v) is 4.39. The predicted molar refractivity (Wildman–Crippen MR) is 111 cm³/mol. The number of carbonyl (C=O) groups is 2. The molecule has 1 amide bonds. The zero-order chi connectivity index (χ0) is 20.1. The molecule has 0 aromatic heterocycles. The van der Waals surface area contributed by atoms with Crippen LogP contribution >= 0.6 is 23.2 Å². The first-order chi connectivity index (χ1) is 13.4. The Bertz CT molecular complexity index is 985. The number of halogens is 2. The number of aryl methyl sites for hydroxylation is 1. The number of amides is 1. The van der Waals surface area contributed by atoms with E-state index in [1.165, 1.54) is 0 Å². The Hall–Kier alpha value is -2.82. The topological polar surface area (TPSA) is 55.4 Å². The van der Waals surface area contributed by atoms with Gasteiger partial charge in [0.25, 0.3) is 5.91 Å². The van der Waals surface area contributed by atoms with E-state index in [4.69, 9.17) is 27.9 Å². The number of hydrogen-bond acceptors (Lipinski definition) is 3. The maximum absolute atomic E-state index is 12.9. The summed E-state index contributed by atoms with van der Waals surface area (Å²) in [5, 5.41) is 3.48. The van der Waals surface area contributed by atoms with Crippen molar-refractivity contribution < 1.29 is 14.3 Å². The summed E-state index contributed by atoms with van der Waals surface area (Å²) in [5.74, 6) is -1.10. The molecule has 3 aromatic rings. The van der Waals surface area contributed by atoms with Crippen molar-refractivity contribution in [1.29, 1.82) is 0 Å². The van der Waals surface area contributed by atoms with Crippen LogP contribution in [0.4, 0.5) is 5.69 Å². The molecule has 0 bridgehead atoms. The number of esters is 1. The molecule has 0 aliphatic rings. The molecule has 0 aliphatic heterocycles. The molecular formula is C22H17Cl2NO3. The molecule has 0 fully saturated rings. The zero-order valence-electron chi connectivity index (χ0n) is 15.0. The second-order valence-corrected chi connectivity index (χ2v) is 7.09. The third kappa shape index (κ3) is 5.12. The van der Waals surface area contributed by atoms with Gasteiger partial charge in [0, 0.05) is 21.3 Å². The summed E-state index contributed by atoms with van der Waals surface area (Å²) in [6, 6.07) is 20.5. The monoisotopic (exact) mass is 413 g/mol. The fourth-order valence-corrected chi connectivity index (χ4v) is 3.21. The van der Waals surface area contributed by atoms with Crippen LogP contribution in [-0.4, -0.2) is 11.9 Å². The van der Waals surface area contributed by atoms with Gasteiger partial charge in [0.05, 0.1) is 5.56 Å². The first-order valence-electron chi connectivity index (χ1n) is 8.52. The normalized spacial score (nSPS) is 11.5. The van der Waals surface area contributed by atoms with E-state index in [0.29, 0.717) is 26.9 Å². The van der Waals surface area contributed by atoms with Crippen molar-refractivity contribution in [3.63, 3.8) is 0 Å². The smallest absolute Gasteiger partial charge is 0.339 e. The van der Waals surface area contributed by atoms with Crippen molar-refractivity contribution in [2.24, 2.45) is 0 Å². The highest BCUT2D eigenvalue weighted by atomic mass is 35.5. The van der Waals surface area contributed by atoms with Crippen molar-refractivity contribution in [3.8, 4) is 0 Å². The molecule has 142 valence electrons. The fraction of sp³-hybridized carbons (Fsp3) is 0.0909. The van der Waals surface area contributed by atoms with Crippen molar-refractivity contribution in [3.05, 3.63) is 99.5 Å². The van der Waals surface area contributed by atoms with Crippen LogP contribution in [0.3, 0.4) is 0 Å². The summed E-state index contributed by atoms with van der Waals surface area (Å²) >= 11 is 12.0. The van der Waals surface area contributed by atoms with Crippen LogP contribution in [0.2, 0.25) is 10.0 Å². The van der Waals surface area contributed by atoms with Gasteiger partial charge in [0.1, 0.15) is 0 Å². The molecule has 3 aromatic carbocycles. The molecule has 0 saturated heterocycles. The van der Waals surface area contributed by atoms with Crippen molar-refractivity contribution >= 4 is 40.8 Å². The first-order valence-corrected chi connectivity index (χ1v) is 9.27. The van der Waals surface area contributed by atoms with Crippen LogP contribution in [-0.2, 0) is 9.53 Å². The maximum Gasteiger partial charge on any atom is 0.339 e. The highest BCUT2D eigenvalue weighted by Crippen LogP contribution is 2.25. The number of carbonyl (C=O) groups excluding carboxylic acids is 2. The average Bonchev–Trinajstić information content (AvgIpc) is 2.65. The van der Waals surface area contributed by atoms with Gasteiger partial charge in [-0.3, -0.25) is 4.79 Å². The van der Waals surface area contributed by atoms with Crippen molar-refractivity contribution in [1.82, 2.24) is 0 Å². The van der Waals surface area contributed by atoms with Crippen LogP contribution in [0.1, 0.15) is 27.6 Å². The molecule has 28 heavy (non-hydrogen) atoms. The molecule has 3 rings (SSSR count). The summed E-state index contributed by atoms with van der Waals surface area (Å²) in [7, 11) is 0. The molecule has 0 saturated carbocycles. The quantitative estimate of drug-likeness (QED) is 0.534. The van der Waals surface area contributed by atoms with Gasteiger partial charge in [0.15, 0.2) is 0 Å². The van der Waals surface area contributed by atoms with Gasteiger partial charge < -0.3 is 10.1 Å². The Morgan fingerprint density at radius 1 is 0.893 bits per heavy atom. The SMILES string of the molecule is Cc1cccc(C(=O)O[C@H](C(=O)Nc2cc(Cl)cc(Cl)c2)c2ccccc2)c1. The number of ether oxygens (including phenoxy) is 1. The fourth-order valence-electron chi connectivity index (χ4n) is 2.68. The number of rotatable bonds is 5. The summed E-state index contributed by atoms with van der Waals surface area (Å²) < 4.78 is 5.56. The summed E-state index contributed by atoms with van der Waals surface area (Å²) in [5.41, 5.74) is 2.26. The number of benzene rings is 3.